The van der Waals surface area contributed by atoms with Crippen LogP contribution in [0.25, 0.3) is 0 Å². The summed E-state index contributed by atoms with van der Waals surface area (Å²) in [5.74, 6) is -0.542. The third-order valence-electron chi connectivity index (χ3n) is 1.75. The molecule has 0 spiro atoms. The monoisotopic (exact) mass is 148 g/mol. The minimum absolute atomic E-state index is 0.272. The molecule has 3 atom stereocenters. The van der Waals surface area contributed by atoms with Gasteiger partial charge in [0, 0.05) is 12.5 Å². The van der Waals surface area contributed by atoms with E-state index in [2.05, 4.69) is 0 Å². The Bertz CT molecular complexity index is 136. The van der Waals surface area contributed by atoms with E-state index in [-0.39, 0.29) is 6.61 Å². The summed E-state index contributed by atoms with van der Waals surface area (Å²) in [7, 11) is 0. The second kappa shape index (κ2) is 3.10. The van der Waals surface area contributed by atoms with Gasteiger partial charge in [-0.05, 0) is 6.42 Å². The van der Waals surface area contributed by atoms with Crippen molar-refractivity contribution in [1.29, 1.82) is 0 Å². The van der Waals surface area contributed by atoms with Crippen LogP contribution in [0.2, 0.25) is 0 Å². The van der Waals surface area contributed by atoms with Crippen molar-refractivity contribution in [2.75, 3.05) is 6.61 Å². The van der Waals surface area contributed by atoms with Crippen molar-refractivity contribution >= 4 is 0 Å². The molecule has 0 aromatic rings. The first-order valence-corrected chi connectivity index (χ1v) is 3.31. The van der Waals surface area contributed by atoms with Crippen molar-refractivity contribution in [3.8, 4) is 0 Å². The lowest BCUT2D eigenvalue weighted by molar-refractivity contribution is 0.0853. The molecule has 0 aromatic carbocycles. The van der Waals surface area contributed by atoms with Gasteiger partial charge in [0.2, 0.25) is 0 Å². The zero-order chi connectivity index (χ0) is 7.56. The van der Waals surface area contributed by atoms with E-state index in [4.69, 9.17) is 5.11 Å². The standard InChI is InChI=1S/C7H10F2O/c8-6-3-1-2-5(4-10)7(6)9/h1,3,5-7,10H,2,4H2. The minimum Gasteiger partial charge on any atom is -0.396 e. The number of aliphatic hydroxyl groups excluding tert-OH is 1. The van der Waals surface area contributed by atoms with Gasteiger partial charge in [-0.1, -0.05) is 12.2 Å². The van der Waals surface area contributed by atoms with Crippen LogP contribution in [0.5, 0.6) is 0 Å². The molecule has 1 N–H and O–H groups in total. The number of halogens is 2. The van der Waals surface area contributed by atoms with Crippen LogP contribution in [0.1, 0.15) is 6.42 Å². The lowest BCUT2D eigenvalue weighted by Crippen LogP contribution is -2.30. The molecular weight excluding hydrogens is 138 g/mol. The van der Waals surface area contributed by atoms with Gasteiger partial charge in [-0.3, -0.25) is 0 Å². The van der Waals surface area contributed by atoms with E-state index in [0.29, 0.717) is 6.42 Å². The van der Waals surface area contributed by atoms with Crippen molar-refractivity contribution in [3.05, 3.63) is 12.2 Å². The molecular formula is C7H10F2O. The highest BCUT2D eigenvalue weighted by atomic mass is 19.2. The van der Waals surface area contributed by atoms with Crippen LogP contribution in [-0.2, 0) is 0 Å². The van der Waals surface area contributed by atoms with Crippen LogP contribution in [0, 0.1) is 5.92 Å². The lowest BCUT2D eigenvalue weighted by Gasteiger charge is -2.22. The van der Waals surface area contributed by atoms with E-state index >= 15 is 0 Å². The average Bonchev–Trinajstić information content (AvgIpc) is 1.95. The van der Waals surface area contributed by atoms with E-state index in [9.17, 15) is 8.78 Å². The van der Waals surface area contributed by atoms with Crippen LogP contribution >= 0.6 is 0 Å². The molecule has 0 aliphatic heterocycles. The molecule has 0 radical (unpaired) electrons. The van der Waals surface area contributed by atoms with Crippen LogP contribution in [-0.4, -0.2) is 24.1 Å². The van der Waals surface area contributed by atoms with Crippen molar-refractivity contribution in [2.45, 2.75) is 18.8 Å². The van der Waals surface area contributed by atoms with Crippen molar-refractivity contribution < 1.29 is 13.9 Å². The Hall–Kier alpha value is -0.440. The Kier molecular flexibility index (Phi) is 2.38. The first-order valence-electron chi connectivity index (χ1n) is 3.31. The Labute approximate surface area is 58.4 Å². The first kappa shape index (κ1) is 7.66. The number of hydrogen-bond acceptors (Lipinski definition) is 1. The van der Waals surface area contributed by atoms with Crippen LogP contribution in [0.15, 0.2) is 12.2 Å². The Morgan fingerprint density at radius 2 is 2.20 bits per heavy atom. The summed E-state index contributed by atoms with van der Waals surface area (Å²) in [5.41, 5.74) is 0. The second-order valence-electron chi connectivity index (χ2n) is 2.50. The highest BCUT2D eigenvalue weighted by Crippen LogP contribution is 2.23. The summed E-state index contributed by atoms with van der Waals surface area (Å²) in [6.45, 7) is -0.272. The second-order valence-corrected chi connectivity index (χ2v) is 2.50. The maximum absolute atomic E-state index is 12.7. The number of allylic oxidation sites excluding steroid dienone is 2. The highest BCUT2D eigenvalue weighted by molar-refractivity contribution is 5.01. The predicted molar refractivity (Wildman–Crippen MR) is 34.1 cm³/mol. The normalized spacial score (nSPS) is 40.1. The van der Waals surface area contributed by atoms with Crippen LogP contribution in [0.4, 0.5) is 8.78 Å². The van der Waals surface area contributed by atoms with Gasteiger partial charge in [0.1, 0.15) is 12.3 Å². The number of alkyl halides is 2. The molecule has 3 unspecified atom stereocenters. The van der Waals surface area contributed by atoms with Crippen LogP contribution < -0.4 is 0 Å². The largest absolute Gasteiger partial charge is 0.396 e. The molecule has 1 nitrogen and oxygen atoms in total. The third-order valence-corrected chi connectivity index (χ3v) is 1.75. The maximum Gasteiger partial charge on any atom is 0.150 e. The molecule has 0 heterocycles. The van der Waals surface area contributed by atoms with Gasteiger partial charge in [-0.15, -0.1) is 0 Å². The molecule has 1 aliphatic carbocycles. The van der Waals surface area contributed by atoms with E-state index in [0.717, 1.165) is 0 Å². The molecule has 0 fully saturated rings. The predicted octanol–water partition coefficient (Wildman–Crippen LogP) is 1.23. The third kappa shape index (κ3) is 1.34. The minimum atomic E-state index is -1.52. The fraction of sp³-hybridized carbons (Fsp3) is 0.714. The molecule has 10 heavy (non-hydrogen) atoms. The first-order chi connectivity index (χ1) is 4.75. The van der Waals surface area contributed by atoms with Gasteiger partial charge in [-0.25, -0.2) is 8.78 Å². The Morgan fingerprint density at radius 3 is 2.70 bits per heavy atom. The van der Waals surface area contributed by atoms with Gasteiger partial charge in [-0.2, -0.15) is 0 Å². The van der Waals surface area contributed by atoms with E-state index < -0.39 is 18.3 Å². The van der Waals surface area contributed by atoms with Crippen molar-refractivity contribution in [3.63, 3.8) is 0 Å². The molecule has 0 saturated heterocycles. The van der Waals surface area contributed by atoms with E-state index in [1.54, 1.807) is 6.08 Å². The summed E-state index contributed by atoms with van der Waals surface area (Å²) in [5, 5.41) is 8.54. The Balaban J connectivity index is 2.56. The van der Waals surface area contributed by atoms with E-state index in [1.165, 1.54) is 6.08 Å². The topological polar surface area (TPSA) is 20.2 Å². The van der Waals surface area contributed by atoms with Gasteiger partial charge in [0.15, 0.2) is 0 Å². The quantitative estimate of drug-likeness (QED) is 0.554. The molecule has 0 saturated carbocycles. The molecule has 0 bridgehead atoms. The summed E-state index contributed by atoms with van der Waals surface area (Å²) in [6.07, 6.45) is 0.178. The average molecular weight is 148 g/mol. The highest BCUT2D eigenvalue weighted by Gasteiger charge is 2.29. The smallest absolute Gasteiger partial charge is 0.150 e. The summed E-state index contributed by atoms with van der Waals surface area (Å²) in [4.78, 5) is 0. The van der Waals surface area contributed by atoms with E-state index in [1.807, 2.05) is 0 Å². The van der Waals surface area contributed by atoms with Gasteiger partial charge >= 0.3 is 0 Å². The van der Waals surface area contributed by atoms with Crippen molar-refractivity contribution in [2.24, 2.45) is 5.92 Å². The molecule has 58 valence electrons. The zero-order valence-corrected chi connectivity index (χ0v) is 5.50. The molecule has 0 amide bonds. The molecule has 1 rings (SSSR count). The molecule has 0 aromatic heterocycles. The van der Waals surface area contributed by atoms with Gasteiger partial charge in [0.25, 0.3) is 0 Å². The number of hydrogen-bond donors (Lipinski definition) is 1. The van der Waals surface area contributed by atoms with Crippen LogP contribution in [0.3, 0.4) is 0 Å². The number of rotatable bonds is 1. The fourth-order valence-corrected chi connectivity index (χ4v) is 1.05. The summed E-state index contributed by atoms with van der Waals surface area (Å²) < 4.78 is 25.1. The summed E-state index contributed by atoms with van der Waals surface area (Å²) in [6, 6.07) is 0. The zero-order valence-electron chi connectivity index (χ0n) is 5.50. The molecule has 3 heteroatoms. The molecule has 1 aliphatic rings. The van der Waals surface area contributed by atoms with Gasteiger partial charge < -0.3 is 5.11 Å². The van der Waals surface area contributed by atoms with Gasteiger partial charge in [0.05, 0.1) is 0 Å². The SMILES string of the molecule is OCC1CC=CC(F)C1F. The summed E-state index contributed by atoms with van der Waals surface area (Å²) >= 11 is 0. The Morgan fingerprint density at radius 1 is 1.50 bits per heavy atom. The van der Waals surface area contributed by atoms with Crippen molar-refractivity contribution in [1.82, 2.24) is 0 Å². The number of aliphatic hydroxyl groups is 1. The maximum atomic E-state index is 12.7. The lowest BCUT2D eigenvalue weighted by atomic mass is 9.92. The fourth-order valence-electron chi connectivity index (χ4n) is 1.05.